The van der Waals surface area contributed by atoms with E-state index in [0.717, 1.165) is 38.5 Å². The Kier molecular flexibility index (Phi) is 10.1. The SMILES string of the molecule is CC[C@H](C)NC(=O)[C@@H](C)N(Cc1ccccc1C)C(=O)CN(c1ccc(C)c(C)c1)S(=O)(=O)c1ccc(C)cc1. The van der Waals surface area contributed by atoms with Crippen LogP contribution < -0.4 is 9.62 Å². The highest BCUT2D eigenvalue weighted by molar-refractivity contribution is 7.92. The lowest BCUT2D eigenvalue weighted by Crippen LogP contribution is -2.52. The number of amides is 2. The summed E-state index contributed by atoms with van der Waals surface area (Å²) in [6, 6.07) is 18.7. The number of carbonyl (C=O) groups excluding carboxylic acids is 2. The summed E-state index contributed by atoms with van der Waals surface area (Å²) >= 11 is 0. The van der Waals surface area contributed by atoms with Crippen molar-refractivity contribution in [2.24, 2.45) is 0 Å². The van der Waals surface area contributed by atoms with Gasteiger partial charge in [-0.1, -0.05) is 55.0 Å². The fraction of sp³-hybridized carbons (Fsp3) is 0.375. The summed E-state index contributed by atoms with van der Waals surface area (Å²) < 4.78 is 29.1. The third kappa shape index (κ3) is 7.30. The topological polar surface area (TPSA) is 86.8 Å². The zero-order valence-corrected chi connectivity index (χ0v) is 25.4. The van der Waals surface area contributed by atoms with Crippen LogP contribution >= 0.6 is 0 Å². The first-order chi connectivity index (χ1) is 18.8. The van der Waals surface area contributed by atoms with E-state index in [1.54, 1.807) is 43.3 Å². The Balaban J connectivity index is 2.06. The summed E-state index contributed by atoms with van der Waals surface area (Å²) in [4.78, 5) is 28.8. The van der Waals surface area contributed by atoms with Crippen LogP contribution in [0.5, 0.6) is 0 Å². The van der Waals surface area contributed by atoms with Gasteiger partial charge in [-0.05, 0) is 94.5 Å². The average Bonchev–Trinajstić information content (AvgIpc) is 2.92. The summed E-state index contributed by atoms with van der Waals surface area (Å²) in [6.45, 7) is 13.0. The van der Waals surface area contributed by atoms with E-state index in [1.165, 1.54) is 4.90 Å². The van der Waals surface area contributed by atoms with Crippen LogP contribution in [0.15, 0.2) is 71.6 Å². The molecule has 3 aromatic rings. The molecule has 0 bridgehead atoms. The van der Waals surface area contributed by atoms with Crippen molar-refractivity contribution in [3.63, 3.8) is 0 Å². The Hall–Kier alpha value is -3.65. The normalized spacial score (nSPS) is 12.9. The number of anilines is 1. The predicted molar refractivity (Wildman–Crippen MR) is 161 cm³/mol. The zero-order chi connectivity index (χ0) is 29.6. The van der Waals surface area contributed by atoms with Crippen molar-refractivity contribution in [3.05, 3.63) is 94.5 Å². The second kappa shape index (κ2) is 13.1. The quantitative estimate of drug-likeness (QED) is 0.336. The first kappa shape index (κ1) is 30.9. The molecule has 0 saturated heterocycles. The van der Waals surface area contributed by atoms with Gasteiger partial charge in [-0.3, -0.25) is 13.9 Å². The fourth-order valence-corrected chi connectivity index (χ4v) is 5.67. The van der Waals surface area contributed by atoms with Gasteiger partial charge in [0, 0.05) is 12.6 Å². The third-order valence-electron chi connectivity index (χ3n) is 7.44. The minimum atomic E-state index is -4.09. The van der Waals surface area contributed by atoms with E-state index < -0.39 is 28.5 Å². The molecule has 0 spiro atoms. The molecule has 3 aromatic carbocycles. The molecule has 8 heteroatoms. The zero-order valence-electron chi connectivity index (χ0n) is 24.6. The van der Waals surface area contributed by atoms with Crippen LogP contribution in [0.3, 0.4) is 0 Å². The van der Waals surface area contributed by atoms with Crippen LogP contribution in [-0.2, 0) is 26.2 Å². The number of benzene rings is 3. The third-order valence-corrected chi connectivity index (χ3v) is 9.22. The fourth-order valence-electron chi connectivity index (χ4n) is 4.27. The Labute approximate surface area is 239 Å². The molecule has 0 fully saturated rings. The van der Waals surface area contributed by atoms with Crippen molar-refractivity contribution in [1.29, 1.82) is 0 Å². The highest BCUT2D eigenvalue weighted by atomic mass is 32.2. The van der Waals surface area contributed by atoms with Gasteiger partial charge in [-0.15, -0.1) is 0 Å². The summed E-state index contributed by atoms with van der Waals surface area (Å²) in [5.41, 5.74) is 5.11. The second-order valence-electron chi connectivity index (χ2n) is 10.5. The number of aryl methyl sites for hydroxylation is 4. The van der Waals surface area contributed by atoms with Crippen molar-refractivity contribution in [3.8, 4) is 0 Å². The molecule has 0 saturated carbocycles. The van der Waals surface area contributed by atoms with Gasteiger partial charge in [0.25, 0.3) is 10.0 Å². The lowest BCUT2D eigenvalue weighted by atomic mass is 10.1. The van der Waals surface area contributed by atoms with E-state index in [0.29, 0.717) is 5.69 Å². The van der Waals surface area contributed by atoms with Crippen molar-refractivity contribution in [1.82, 2.24) is 10.2 Å². The van der Waals surface area contributed by atoms with Crippen LogP contribution in [0.1, 0.15) is 55.0 Å². The Morgan fingerprint density at radius 3 is 2.10 bits per heavy atom. The maximum absolute atomic E-state index is 14.1. The Morgan fingerprint density at radius 1 is 0.850 bits per heavy atom. The summed E-state index contributed by atoms with van der Waals surface area (Å²) in [6.07, 6.45) is 0.750. The van der Waals surface area contributed by atoms with E-state index in [9.17, 15) is 18.0 Å². The molecule has 0 aliphatic carbocycles. The molecule has 1 N–H and O–H groups in total. The minimum Gasteiger partial charge on any atom is -0.352 e. The number of carbonyl (C=O) groups is 2. The Bertz CT molecular complexity index is 1450. The molecule has 0 aliphatic heterocycles. The van der Waals surface area contributed by atoms with Gasteiger partial charge in [0.1, 0.15) is 12.6 Å². The maximum atomic E-state index is 14.1. The van der Waals surface area contributed by atoms with Crippen LogP contribution in [-0.4, -0.2) is 43.8 Å². The molecule has 0 unspecified atom stereocenters. The molecule has 0 heterocycles. The van der Waals surface area contributed by atoms with E-state index in [-0.39, 0.29) is 23.4 Å². The average molecular weight is 564 g/mol. The monoisotopic (exact) mass is 563 g/mol. The maximum Gasteiger partial charge on any atom is 0.264 e. The number of hydrogen-bond donors (Lipinski definition) is 1. The van der Waals surface area contributed by atoms with Crippen molar-refractivity contribution >= 4 is 27.5 Å². The number of nitrogens with zero attached hydrogens (tertiary/aromatic N) is 2. The van der Waals surface area contributed by atoms with Gasteiger partial charge in [0.15, 0.2) is 0 Å². The smallest absolute Gasteiger partial charge is 0.264 e. The summed E-state index contributed by atoms with van der Waals surface area (Å²) in [7, 11) is -4.09. The second-order valence-corrected chi connectivity index (χ2v) is 12.4. The molecule has 7 nitrogen and oxygen atoms in total. The first-order valence-corrected chi connectivity index (χ1v) is 15.1. The van der Waals surface area contributed by atoms with Gasteiger partial charge < -0.3 is 10.2 Å². The predicted octanol–water partition coefficient (Wildman–Crippen LogP) is 5.45. The molecular formula is C32H41N3O4S. The molecule has 0 aromatic heterocycles. The van der Waals surface area contributed by atoms with Crippen molar-refractivity contribution in [2.75, 3.05) is 10.8 Å². The Morgan fingerprint density at radius 2 is 1.50 bits per heavy atom. The van der Waals surface area contributed by atoms with E-state index in [2.05, 4.69) is 5.32 Å². The standard InChI is InChI=1S/C32H41N3O4S/c1-8-26(6)33-32(37)27(7)34(20-28-12-10-9-11-24(28)4)31(36)21-35(29-16-15-23(3)25(5)19-29)40(38,39)30-17-13-22(2)14-18-30/h9-19,26-27H,8,20-21H2,1-7H3,(H,33,37)/t26-,27+/m0/s1. The number of sulfonamides is 1. The van der Waals surface area contributed by atoms with Gasteiger partial charge in [0.2, 0.25) is 11.8 Å². The molecule has 3 rings (SSSR count). The number of nitrogens with one attached hydrogen (secondary N) is 1. The molecular weight excluding hydrogens is 522 g/mol. The van der Waals surface area contributed by atoms with Crippen LogP contribution in [0.2, 0.25) is 0 Å². The molecule has 0 aliphatic rings. The highest BCUT2D eigenvalue weighted by Gasteiger charge is 2.33. The molecule has 2 amide bonds. The summed E-state index contributed by atoms with van der Waals surface area (Å²) in [5, 5.41) is 2.96. The lowest BCUT2D eigenvalue weighted by Gasteiger charge is -2.33. The van der Waals surface area contributed by atoms with E-state index >= 15 is 0 Å². The van der Waals surface area contributed by atoms with Gasteiger partial charge in [-0.2, -0.15) is 0 Å². The largest absolute Gasteiger partial charge is 0.352 e. The van der Waals surface area contributed by atoms with Gasteiger partial charge in [0.05, 0.1) is 10.6 Å². The molecule has 40 heavy (non-hydrogen) atoms. The number of hydrogen-bond acceptors (Lipinski definition) is 4. The van der Waals surface area contributed by atoms with Gasteiger partial charge >= 0.3 is 0 Å². The number of rotatable bonds is 11. The van der Waals surface area contributed by atoms with Gasteiger partial charge in [-0.25, -0.2) is 8.42 Å². The van der Waals surface area contributed by atoms with Crippen LogP contribution in [0.4, 0.5) is 5.69 Å². The molecule has 0 radical (unpaired) electrons. The minimum absolute atomic E-state index is 0.0562. The van der Waals surface area contributed by atoms with E-state index in [4.69, 9.17) is 0 Å². The highest BCUT2D eigenvalue weighted by Crippen LogP contribution is 2.27. The lowest BCUT2D eigenvalue weighted by molar-refractivity contribution is -0.139. The van der Waals surface area contributed by atoms with Crippen molar-refractivity contribution in [2.45, 2.75) is 78.4 Å². The van der Waals surface area contributed by atoms with Crippen LogP contribution in [0, 0.1) is 27.7 Å². The first-order valence-electron chi connectivity index (χ1n) is 13.7. The summed E-state index contributed by atoms with van der Waals surface area (Å²) in [5.74, 6) is -0.751. The van der Waals surface area contributed by atoms with E-state index in [1.807, 2.05) is 71.9 Å². The molecule has 214 valence electrons. The van der Waals surface area contributed by atoms with Crippen LogP contribution in [0.25, 0.3) is 0 Å². The van der Waals surface area contributed by atoms with Crippen molar-refractivity contribution < 1.29 is 18.0 Å². The molecule has 2 atom stereocenters.